The summed E-state index contributed by atoms with van der Waals surface area (Å²) in [5.74, 6) is 1.05. The van der Waals surface area contributed by atoms with Crippen LogP contribution in [0.25, 0.3) is 0 Å². The fourth-order valence-corrected chi connectivity index (χ4v) is 4.24. The largest absolute Gasteiger partial charge is 0.357 e. The Bertz CT molecular complexity index is 928. The number of nitrogens with zero attached hydrogens (tertiary/aromatic N) is 4. The third kappa shape index (κ3) is 4.02. The van der Waals surface area contributed by atoms with Gasteiger partial charge in [0.05, 0.1) is 11.3 Å². The summed E-state index contributed by atoms with van der Waals surface area (Å²) in [6.07, 6.45) is 8.98. The average molecular weight is 387 g/mol. The second kappa shape index (κ2) is 7.15. The molecule has 1 fully saturated rings. The maximum atomic E-state index is 12.4. The van der Waals surface area contributed by atoms with Gasteiger partial charge in [0.2, 0.25) is 0 Å². The van der Waals surface area contributed by atoms with Gasteiger partial charge in [-0.1, -0.05) is 6.07 Å². The molecule has 4 heterocycles. The van der Waals surface area contributed by atoms with E-state index < -0.39 is 10.0 Å². The lowest BCUT2D eigenvalue weighted by atomic mass is 10.1. The number of nitrogens with one attached hydrogen (secondary N) is 1. The van der Waals surface area contributed by atoms with Gasteiger partial charge in [0.1, 0.15) is 11.7 Å². The average Bonchev–Trinajstić information content (AvgIpc) is 3.20. The third-order valence-electron chi connectivity index (χ3n) is 4.78. The first-order valence-corrected chi connectivity index (χ1v) is 10.6. The second-order valence-corrected chi connectivity index (χ2v) is 8.50. The number of hydrogen-bond acceptors (Lipinski definition) is 6. The first kappa shape index (κ1) is 17.7. The summed E-state index contributed by atoms with van der Waals surface area (Å²) in [7, 11) is -3.39. The number of pyridine rings is 1. The molecule has 1 saturated heterocycles. The zero-order chi connectivity index (χ0) is 18.9. The van der Waals surface area contributed by atoms with E-state index in [9.17, 15) is 13.2 Å². The number of hydrogen-bond donors (Lipinski definition) is 1. The van der Waals surface area contributed by atoms with Crippen molar-refractivity contribution in [3.05, 3.63) is 47.8 Å². The molecular weight excluding hydrogens is 366 g/mol. The zero-order valence-electron chi connectivity index (χ0n) is 14.8. The Kier molecular flexibility index (Phi) is 4.69. The van der Waals surface area contributed by atoms with E-state index in [1.807, 2.05) is 12.1 Å². The quantitative estimate of drug-likeness (QED) is 0.821. The van der Waals surface area contributed by atoms with Crippen LogP contribution in [0.3, 0.4) is 0 Å². The number of amides is 1. The van der Waals surface area contributed by atoms with Crippen molar-refractivity contribution in [3.63, 3.8) is 0 Å². The Morgan fingerprint density at radius 3 is 2.70 bits per heavy atom. The van der Waals surface area contributed by atoms with Crippen LogP contribution in [0.1, 0.15) is 18.4 Å². The first-order valence-electron chi connectivity index (χ1n) is 8.97. The van der Waals surface area contributed by atoms with Crippen molar-refractivity contribution in [3.8, 4) is 0 Å². The molecular formula is C18H21N5O3S. The number of rotatable bonds is 4. The second-order valence-electron chi connectivity index (χ2n) is 6.75. The van der Waals surface area contributed by atoms with E-state index in [4.69, 9.17) is 0 Å². The SMILES string of the molecule is O=C(NCc1ccc(N2CCCC2)nc1)C1=CN2CCS(=O)(=O)N=C2C=C1. The normalized spacial score (nSPS) is 20.7. The summed E-state index contributed by atoms with van der Waals surface area (Å²) < 4.78 is 26.8. The van der Waals surface area contributed by atoms with E-state index in [1.165, 1.54) is 12.8 Å². The monoisotopic (exact) mass is 387 g/mol. The Morgan fingerprint density at radius 2 is 1.96 bits per heavy atom. The summed E-state index contributed by atoms with van der Waals surface area (Å²) in [4.78, 5) is 20.8. The molecule has 1 aromatic heterocycles. The fraction of sp³-hybridized carbons (Fsp3) is 0.389. The number of amidine groups is 1. The van der Waals surface area contributed by atoms with E-state index in [1.54, 1.807) is 29.4 Å². The molecule has 0 unspecified atom stereocenters. The Morgan fingerprint density at radius 1 is 1.15 bits per heavy atom. The van der Waals surface area contributed by atoms with E-state index >= 15 is 0 Å². The fourth-order valence-electron chi connectivity index (χ4n) is 3.27. The zero-order valence-corrected chi connectivity index (χ0v) is 15.7. The van der Waals surface area contributed by atoms with Crippen molar-refractivity contribution in [1.82, 2.24) is 15.2 Å². The molecule has 9 heteroatoms. The lowest BCUT2D eigenvalue weighted by molar-refractivity contribution is -0.117. The molecule has 1 aromatic rings. The van der Waals surface area contributed by atoms with Gasteiger partial charge >= 0.3 is 0 Å². The summed E-state index contributed by atoms with van der Waals surface area (Å²) in [5.41, 5.74) is 1.40. The van der Waals surface area contributed by atoms with Gasteiger partial charge in [0.15, 0.2) is 0 Å². The van der Waals surface area contributed by atoms with Crippen molar-refractivity contribution in [2.45, 2.75) is 19.4 Å². The number of aromatic nitrogens is 1. The summed E-state index contributed by atoms with van der Waals surface area (Å²) >= 11 is 0. The van der Waals surface area contributed by atoms with Gasteiger partial charge in [0.25, 0.3) is 15.9 Å². The molecule has 3 aliphatic heterocycles. The van der Waals surface area contributed by atoms with Gasteiger partial charge in [-0.05, 0) is 36.6 Å². The highest BCUT2D eigenvalue weighted by atomic mass is 32.2. The molecule has 1 N–H and O–H groups in total. The highest BCUT2D eigenvalue weighted by Crippen LogP contribution is 2.18. The molecule has 0 saturated carbocycles. The molecule has 0 aliphatic carbocycles. The number of carbonyl (C=O) groups excluding carboxylic acids is 1. The molecule has 4 rings (SSSR count). The van der Waals surface area contributed by atoms with Crippen LogP contribution in [-0.4, -0.2) is 55.4 Å². The van der Waals surface area contributed by atoms with Crippen LogP contribution in [0.4, 0.5) is 5.82 Å². The highest BCUT2D eigenvalue weighted by molar-refractivity contribution is 7.90. The van der Waals surface area contributed by atoms with Crippen LogP contribution < -0.4 is 10.2 Å². The van der Waals surface area contributed by atoms with Crippen LogP contribution in [0.2, 0.25) is 0 Å². The van der Waals surface area contributed by atoms with Gasteiger partial charge < -0.3 is 15.1 Å². The minimum absolute atomic E-state index is 0.0508. The number of carbonyl (C=O) groups is 1. The summed E-state index contributed by atoms with van der Waals surface area (Å²) in [5, 5.41) is 2.87. The van der Waals surface area contributed by atoms with Crippen LogP contribution in [0.15, 0.2) is 46.7 Å². The van der Waals surface area contributed by atoms with Crippen LogP contribution in [0.5, 0.6) is 0 Å². The molecule has 0 radical (unpaired) electrons. The van der Waals surface area contributed by atoms with Gasteiger partial charge in [-0.2, -0.15) is 0 Å². The van der Waals surface area contributed by atoms with Crippen molar-refractivity contribution >= 4 is 27.6 Å². The molecule has 3 aliphatic rings. The predicted octanol–water partition coefficient (Wildman–Crippen LogP) is 0.796. The van der Waals surface area contributed by atoms with E-state index in [2.05, 4.69) is 19.6 Å². The Labute approximate surface area is 158 Å². The summed E-state index contributed by atoms with van der Waals surface area (Å²) in [6.45, 7) is 2.77. The Hall–Kier alpha value is -2.68. The van der Waals surface area contributed by atoms with E-state index in [0.29, 0.717) is 24.5 Å². The van der Waals surface area contributed by atoms with Crippen molar-refractivity contribution in [2.75, 3.05) is 30.3 Å². The van der Waals surface area contributed by atoms with E-state index in [-0.39, 0.29) is 11.7 Å². The lowest BCUT2D eigenvalue weighted by Gasteiger charge is -2.26. The smallest absolute Gasteiger partial charge is 0.256 e. The molecule has 0 bridgehead atoms. The topological polar surface area (TPSA) is 95.0 Å². The first-order chi connectivity index (χ1) is 13.0. The number of sulfonamides is 1. The van der Waals surface area contributed by atoms with Crippen LogP contribution in [-0.2, 0) is 21.4 Å². The van der Waals surface area contributed by atoms with Gasteiger partial charge in [-0.3, -0.25) is 4.79 Å². The van der Waals surface area contributed by atoms with E-state index in [0.717, 1.165) is 24.5 Å². The standard InChI is InChI=1S/C18H21N5O3S/c24-18(15-4-6-17-21-27(25,26)10-9-23(17)13-15)20-12-14-3-5-16(19-11-14)22-7-1-2-8-22/h3-6,11,13H,1-2,7-10,12H2,(H,20,24). The minimum Gasteiger partial charge on any atom is -0.357 e. The molecule has 0 atom stereocenters. The minimum atomic E-state index is -3.39. The molecule has 0 aromatic carbocycles. The van der Waals surface area contributed by atoms with Crippen LogP contribution >= 0.6 is 0 Å². The molecule has 1 amide bonds. The maximum Gasteiger partial charge on any atom is 0.256 e. The van der Waals surface area contributed by atoms with Crippen LogP contribution in [0, 0.1) is 0 Å². The summed E-state index contributed by atoms with van der Waals surface area (Å²) in [6, 6.07) is 3.97. The van der Waals surface area contributed by atoms with Gasteiger partial charge in [0, 0.05) is 38.6 Å². The Balaban J connectivity index is 1.36. The highest BCUT2D eigenvalue weighted by Gasteiger charge is 2.24. The molecule has 27 heavy (non-hydrogen) atoms. The number of anilines is 1. The molecule has 0 spiro atoms. The maximum absolute atomic E-state index is 12.4. The van der Waals surface area contributed by atoms with Crippen molar-refractivity contribution < 1.29 is 13.2 Å². The lowest BCUT2D eigenvalue weighted by Crippen LogP contribution is -2.38. The van der Waals surface area contributed by atoms with Crippen molar-refractivity contribution in [2.24, 2.45) is 4.40 Å². The van der Waals surface area contributed by atoms with Crippen molar-refractivity contribution in [1.29, 1.82) is 0 Å². The van der Waals surface area contributed by atoms with Gasteiger partial charge in [-0.15, -0.1) is 4.40 Å². The predicted molar refractivity (Wildman–Crippen MR) is 103 cm³/mol. The third-order valence-corrected chi connectivity index (χ3v) is 5.94. The molecule has 142 valence electrons. The van der Waals surface area contributed by atoms with Gasteiger partial charge in [-0.25, -0.2) is 13.4 Å². The molecule has 8 nitrogen and oxygen atoms in total. The number of fused-ring (bicyclic) bond motifs is 1.